The molecule has 2 aromatic rings. The van der Waals surface area contributed by atoms with Gasteiger partial charge in [-0.15, -0.1) is 0 Å². The molecule has 0 atom stereocenters. The minimum absolute atomic E-state index is 0.105. The molecule has 3 rings (SSSR count). The van der Waals surface area contributed by atoms with Gasteiger partial charge in [-0.05, 0) is 30.7 Å². The van der Waals surface area contributed by atoms with Crippen molar-refractivity contribution in [3.05, 3.63) is 53.5 Å². The minimum atomic E-state index is -0.999. The highest BCUT2D eigenvalue weighted by Gasteiger charge is 2.32. The maximum atomic E-state index is 13.1. The molecule has 0 spiro atoms. The molecule has 1 N–H and O–H groups in total. The number of aromatic nitrogens is 1. The number of hydrogen-bond donors (Lipinski definition) is 1. The number of benzene rings is 1. The van der Waals surface area contributed by atoms with E-state index in [1.165, 1.54) is 12.1 Å². The summed E-state index contributed by atoms with van der Waals surface area (Å²) in [6, 6.07) is 7.57. The average Bonchev–Trinajstić information content (AvgIpc) is 2.43. The predicted octanol–water partition coefficient (Wildman–Crippen LogP) is 2.49. The van der Waals surface area contributed by atoms with Crippen molar-refractivity contribution in [2.75, 3.05) is 18.0 Å². The van der Waals surface area contributed by atoms with E-state index in [9.17, 15) is 14.3 Å². The standard InChI is InChI=1S/C16H15FN2O3/c1-10-5-14(16(20)21)15(18-7-10)19-8-13(9-19)22-12-4-2-3-11(17)6-12/h2-7,13H,8-9H2,1H3,(H,20,21). The Bertz CT molecular complexity index is 714. The van der Waals surface area contributed by atoms with Crippen LogP contribution >= 0.6 is 0 Å². The Kier molecular flexibility index (Phi) is 3.66. The van der Waals surface area contributed by atoms with Gasteiger partial charge in [-0.1, -0.05) is 6.07 Å². The molecule has 22 heavy (non-hydrogen) atoms. The number of halogens is 1. The molecule has 0 radical (unpaired) electrons. The first-order chi connectivity index (χ1) is 10.5. The summed E-state index contributed by atoms with van der Waals surface area (Å²) >= 11 is 0. The normalized spacial score (nSPS) is 14.5. The third-order valence-corrected chi connectivity index (χ3v) is 3.48. The van der Waals surface area contributed by atoms with Crippen LogP contribution in [0.5, 0.6) is 5.75 Å². The molecule has 0 amide bonds. The summed E-state index contributed by atoms with van der Waals surface area (Å²) < 4.78 is 18.7. The molecular formula is C16H15FN2O3. The predicted molar refractivity (Wildman–Crippen MR) is 79.0 cm³/mol. The zero-order valence-electron chi connectivity index (χ0n) is 12.0. The molecule has 1 aromatic carbocycles. The van der Waals surface area contributed by atoms with E-state index < -0.39 is 5.97 Å². The third kappa shape index (κ3) is 2.86. The van der Waals surface area contributed by atoms with Gasteiger partial charge in [0.2, 0.25) is 0 Å². The number of hydrogen-bond acceptors (Lipinski definition) is 4. The molecule has 5 nitrogen and oxygen atoms in total. The van der Waals surface area contributed by atoms with Gasteiger partial charge in [0.1, 0.15) is 29.1 Å². The van der Waals surface area contributed by atoms with Crippen molar-refractivity contribution in [2.45, 2.75) is 13.0 Å². The number of ether oxygens (including phenoxy) is 1. The fourth-order valence-electron chi connectivity index (χ4n) is 2.39. The van der Waals surface area contributed by atoms with E-state index >= 15 is 0 Å². The van der Waals surface area contributed by atoms with Crippen LogP contribution in [0.15, 0.2) is 36.5 Å². The second-order valence-electron chi connectivity index (χ2n) is 5.29. The number of carboxylic acid groups (broad SMARTS) is 1. The highest BCUT2D eigenvalue weighted by Crippen LogP contribution is 2.26. The molecule has 0 aliphatic carbocycles. The molecule has 1 fully saturated rings. The number of rotatable bonds is 4. The zero-order valence-corrected chi connectivity index (χ0v) is 12.0. The molecule has 1 saturated heterocycles. The fraction of sp³-hybridized carbons (Fsp3) is 0.250. The Morgan fingerprint density at radius 1 is 1.41 bits per heavy atom. The van der Waals surface area contributed by atoms with Crippen LogP contribution in [0.2, 0.25) is 0 Å². The van der Waals surface area contributed by atoms with E-state index in [1.807, 2.05) is 4.90 Å². The summed E-state index contributed by atoms with van der Waals surface area (Å²) in [4.78, 5) is 17.3. The van der Waals surface area contributed by atoms with Gasteiger partial charge >= 0.3 is 5.97 Å². The van der Waals surface area contributed by atoms with E-state index in [1.54, 1.807) is 31.3 Å². The number of aryl methyl sites for hydroxylation is 1. The van der Waals surface area contributed by atoms with Crippen molar-refractivity contribution in [3.8, 4) is 5.75 Å². The van der Waals surface area contributed by atoms with Crippen LogP contribution in [0.25, 0.3) is 0 Å². The quantitative estimate of drug-likeness (QED) is 0.940. The monoisotopic (exact) mass is 302 g/mol. The summed E-state index contributed by atoms with van der Waals surface area (Å²) in [6.45, 7) is 2.84. The van der Waals surface area contributed by atoms with E-state index in [0.29, 0.717) is 24.7 Å². The first kappa shape index (κ1) is 14.3. The Morgan fingerprint density at radius 3 is 2.86 bits per heavy atom. The SMILES string of the molecule is Cc1cnc(N2CC(Oc3cccc(F)c3)C2)c(C(=O)O)c1. The second-order valence-corrected chi connectivity index (χ2v) is 5.29. The minimum Gasteiger partial charge on any atom is -0.487 e. The summed E-state index contributed by atoms with van der Waals surface area (Å²) in [7, 11) is 0. The summed E-state index contributed by atoms with van der Waals surface area (Å²) in [5.74, 6) is -0.431. The Labute approximate surface area is 127 Å². The molecular weight excluding hydrogens is 287 g/mol. The molecule has 1 aliphatic rings. The number of nitrogens with zero attached hydrogens (tertiary/aromatic N) is 2. The molecule has 114 valence electrons. The summed E-state index contributed by atoms with van der Waals surface area (Å²) in [5, 5.41) is 9.25. The zero-order chi connectivity index (χ0) is 15.7. The lowest BCUT2D eigenvalue weighted by atomic mass is 10.1. The average molecular weight is 302 g/mol. The fourth-order valence-corrected chi connectivity index (χ4v) is 2.39. The number of carboxylic acids is 1. The molecule has 1 aromatic heterocycles. The van der Waals surface area contributed by atoms with Crippen molar-refractivity contribution >= 4 is 11.8 Å². The topological polar surface area (TPSA) is 62.7 Å². The highest BCUT2D eigenvalue weighted by atomic mass is 19.1. The molecule has 1 aliphatic heterocycles. The Hall–Kier alpha value is -2.63. The Balaban J connectivity index is 1.67. The highest BCUT2D eigenvalue weighted by molar-refractivity contribution is 5.93. The van der Waals surface area contributed by atoms with E-state index in [0.717, 1.165) is 5.56 Å². The Morgan fingerprint density at radius 2 is 2.18 bits per heavy atom. The van der Waals surface area contributed by atoms with Crippen LogP contribution in [-0.2, 0) is 0 Å². The van der Waals surface area contributed by atoms with Gasteiger partial charge in [0, 0.05) is 12.3 Å². The van der Waals surface area contributed by atoms with Crippen molar-refractivity contribution in [3.63, 3.8) is 0 Å². The van der Waals surface area contributed by atoms with Gasteiger partial charge in [-0.2, -0.15) is 0 Å². The van der Waals surface area contributed by atoms with Gasteiger partial charge in [-0.25, -0.2) is 14.2 Å². The number of anilines is 1. The van der Waals surface area contributed by atoms with Crippen LogP contribution in [0, 0.1) is 12.7 Å². The second kappa shape index (κ2) is 5.63. The lowest BCUT2D eigenvalue weighted by Crippen LogP contribution is -2.54. The van der Waals surface area contributed by atoms with E-state index in [4.69, 9.17) is 4.74 Å². The lowest BCUT2D eigenvalue weighted by molar-refractivity contribution is 0.0695. The van der Waals surface area contributed by atoms with Gasteiger partial charge in [0.25, 0.3) is 0 Å². The maximum Gasteiger partial charge on any atom is 0.339 e. The van der Waals surface area contributed by atoms with Gasteiger partial charge in [0.15, 0.2) is 0 Å². The maximum absolute atomic E-state index is 13.1. The van der Waals surface area contributed by atoms with Crippen LogP contribution in [-0.4, -0.2) is 35.3 Å². The first-order valence-corrected chi connectivity index (χ1v) is 6.90. The first-order valence-electron chi connectivity index (χ1n) is 6.90. The number of aromatic carboxylic acids is 1. The van der Waals surface area contributed by atoms with Gasteiger partial charge in [0.05, 0.1) is 13.1 Å². The molecule has 0 unspecified atom stereocenters. The van der Waals surface area contributed by atoms with Crippen LogP contribution < -0.4 is 9.64 Å². The van der Waals surface area contributed by atoms with Gasteiger partial charge < -0.3 is 14.7 Å². The third-order valence-electron chi connectivity index (χ3n) is 3.48. The van der Waals surface area contributed by atoms with Crippen molar-refractivity contribution in [1.82, 2.24) is 4.98 Å². The van der Waals surface area contributed by atoms with Crippen molar-refractivity contribution in [1.29, 1.82) is 0 Å². The largest absolute Gasteiger partial charge is 0.487 e. The van der Waals surface area contributed by atoms with Gasteiger partial charge in [-0.3, -0.25) is 0 Å². The molecule has 0 saturated carbocycles. The van der Waals surface area contributed by atoms with Crippen molar-refractivity contribution in [2.24, 2.45) is 0 Å². The smallest absolute Gasteiger partial charge is 0.339 e. The van der Waals surface area contributed by atoms with E-state index in [-0.39, 0.29) is 17.5 Å². The van der Waals surface area contributed by atoms with Crippen LogP contribution in [0.3, 0.4) is 0 Å². The number of pyridine rings is 1. The number of carbonyl (C=O) groups is 1. The summed E-state index contributed by atoms with van der Waals surface area (Å²) in [5.41, 5.74) is 0.985. The molecule has 2 heterocycles. The van der Waals surface area contributed by atoms with E-state index in [2.05, 4.69) is 4.98 Å². The van der Waals surface area contributed by atoms with Crippen LogP contribution in [0.1, 0.15) is 15.9 Å². The van der Waals surface area contributed by atoms with Crippen molar-refractivity contribution < 1.29 is 19.0 Å². The molecule has 0 bridgehead atoms. The van der Waals surface area contributed by atoms with Crippen LogP contribution in [0.4, 0.5) is 10.2 Å². The summed E-state index contributed by atoms with van der Waals surface area (Å²) in [6.07, 6.45) is 1.54. The molecule has 6 heteroatoms. The lowest BCUT2D eigenvalue weighted by Gasteiger charge is -2.40.